The van der Waals surface area contributed by atoms with E-state index in [9.17, 15) is 13.6 Å². The van der Waals surface area contributed by atoms with Crippen molar-refractivity contribution in [2.45, 2.75) is 24.3 Å². The summed E-state index contributed by atoms with van der Waals surface area (Å²) in [4.78, 5) is 16.8. The van der Waals surface area contributed by atoms with Crippen molar-refractivity contribution < 1.29 is 18.0 Å². The van der Waals surface area contributed by atoms with Gasteiger partial charge in [-0.1, -0.05) is 29.5 Å². The molecule has 6 nitrogen and oxygen atoms in total. The fourth-order valence-corrected chi connectivity index (χ4v) is 4.09. The van der Waals surface area contributed by atoms with E-state index in [0.717, 1.165) is 35.0 Å². The van der Waals surface area contributed by atoms with Gasteiger partial charge in [-0.2, -0.15) is 0 Å². The summed E-state index contributed by atoms with van der Waals surface area (Å²) in [6.45, 7) is 3.68. The summed E-state index contributed by atoms with van der Waals surface area (Å²) >= 11 is 2.32. The Morgan fingerprint density at radius 3 is 2.74 bits per heavy atom. The maximum absolute atomic E-state index is 13.4. The Kier molecular flexibility index (Phi) is 6.10. The van der Waals surface area contributed by atoms with E-state index in [4.69, 9.17) is 4.42 Å². The highest BCUT2D eigenvalue weighted by atomic mass is 32.2. The number of nitrogens with zero attached hydrogens (tertiary/aromatic N) is 3. The Morgan fingerprint density at radius 1 is 1.13 bits per heavy atom. The van der Waals surface area contributed by atoms with Crippen LogP contribution in [0, 0.1) is 18.6 Å². The molecule has 2 heterocycles. The smallest absolute Gasteiger partial charge is 0.277 e. The second kappa shape index (κ2) is 8.94. The van der Waals surface area contributed by atoms with Crippen LogP contribution in [0.5, 0.6) is 0 Å². The van der Waals surface area contributed by atoms with E-state index in [0.29, 0.717) is 22.3 Å². The largest absolute Gasteiger partial charge is 0.411 e. The fraction of sp³-hybridized carbons (Fsp3) is 0.143. The molecule has 0 radical (unpaired) electrons. The lowest BCUT2D eigenvalue weighted by Gasteiger charge is -2.07. The second-order valence-electron chi connectivity index (χ2n) is 6.66. The van der Waals surface area contributed by atoms with Crippen LogP contribution in [0.1, 0.15) is 12.5 Å². The van der Waals surface area contributed by atoms with Gasteiger partial charge in [-0.15, -0.1) is 21.5 Å². The molecule has 10 heteroatoms. The number of anilines is 1. The summed E-state index contributed by atoms with van der Waals surface area (Å²) < 4.78 is 32.2. The summed E-state index contributed by atoms with van der Waals surface area (Å²) in [5, 5.41) is 12.5. The van der Waals surface area contributed by atoms with Gasteiger partial charge in [-0.05, 0) is 44.2 Å². The third-order valence-electron chi connectivity index (χ3n) is 4.27. The SMILES string of the molecule is Cc1cccc(-c2nnc(S[C@@H](C)C(=O)Nc3nc(-c4ccc(F)c(F)c4)cs3)o2)c1. The van der Waals surface area contributed by atoms with E-state index in [1.807, 2.05) is 31.2 Å². The number of nitrogens with one attached hydrogen (secondary N) is 1. The van der Waals surface area contributed by atoms with Crippen LogP contribution in [-0.4, -0.2) is 26.3 Å². The number of thioether (sulfide) groups is 1. The molecular formula is C21H16F2N4O2S2. The maximum atomic E-state index is 13.4. The first kappa shape index (κ1) is 21.1. The standard InChI is InChI=1S/C21H16F2N4O2S2/c1-11-4-3-5-14(8-11)19-26-27-21(29-19)31-12(2)18(28)25-20-24-17(10-30-20)13-6-7-15(22)16(23)9-13/h3-10,12H,1-2H3,(H,24,25,28)/t12-/m0/s1. The minimum absolute atomic E-state index is 0.278. The van der Waals surface area contributed by atoms with Gasteiger partial charge in [0.05, 0.1) is 10.9 Å². The van der Waals surface area contributed by atoms with Crippen molar-refractivity contribution in [2.75, 3.05) is 5.32 Å². The molecule has 0 fully saturated rings. The predicted octanol–water partition coefficient (Wildman–Crippen LogP) is 5.57. The van der Waals surface area contributed by atoms with Crippen LogP contribution in [0.3, 0.4) is 0 Å². The molecule has 0 saturated heterocycles. The molecule has 0 aliphatic heterocycles. The van der Waals surface area contributed by atoms with Crippen molar-refractivity contribution in [3.05, 3.63) is 65.0 Å². The van der Waals surface area contributed by atoms with Gasteiger partial charge < -0.3 is 9.73 Å². The van der Waals surface area contributed by atoms with Gasteiger partial charge in [0.15, 0.2) is 16.8 Å². The predicted molar refractivity (Wildman–Crippen MR) is 116 cm³/mol. The number of carbonyl (C=O) groups is 1. The quantitative estimate of drug-likeness (QED) is 0.381. The highest BCUT2D eigenvalue weighted by Crippen LogP contribution is 2.29. The first-order valence-corrected chi connectivity index (χ1v) is 10.9. The zero-order chi connectivity index (χ0) is 22.0. The lowest BCUT2D eigenvalue weighted by atomic mass is 10.1. The molecule has 31 heavy (non-hydrogen) atoms. The van der Waals surface area contributed by atoms with Gasteiger partial charge in [-0.3, -0.25) is 4.79 Å². The minimum atomic E-state index is -0.953. The lowest BCUT2D eigenvalue weighted by molar-refractivity contribution is -0.115. The van der Waals surface area contributed by atoms with Crippen molar-refractivity contribution in [2.24, 2.45) is 0 Å². The summed E-state index contributed by atoms with van der Waals surface area (Å²) in [7, 11) is 0. The summed E-state index contributed by atoms with van der Waals surface area (Å²) in [5.41, 5.74) is 2.75. The van der Waals surface area contributed by atoms with Gasteiger partial charge in [0.25, 0.3) is 5.22 Å². The van der Waals surface area contributed by atoms with Gasteiger partial charge in [0, 0.05) is 16.5 Å². The Balaban J connectivity index is 1.39. The van der Waals surface area contributed by atoms with E-state index in [1.165, 1.54) is 17.4 Å². The molecule has 0 bridgehead atoms. The zero-order valence-electron chi connectivity index (χ0n) is 16.4. The summed E-state index contributed by atoms with van der Waals surface area (Å²) in [6, 6.07) is 11.2. The molecule has 1 amide bonds. The van der Waals surface area contributed by atoms with E-state index < -0.39 is 16.9 Å². The molecule has 0 unspecified atom stereocenters. The highest BCUT2D eigenvalue weighted by Gasteiger charge is 2.20. The number of amides is 1. The van der Waals surface area contributed by atoms with Crippen LogP contribution < -0.4 is 5.32 Å². The number of benzene rings is 2. The molecule has 0 aliphatic carbocycles. The molecule has 1 atom stereocenters. The van der Waals surface area contributed by atoms with Gasteiger partial charge >= 0.3 is 0 Å². The topological polar surface area (TPSA) is 80.9 Å². The number of rotatable bonds is 6. The monoisotopic (exact) mass is 458 g/mol. The number of thiazole rings is 1. The molecule has 2 aromatic carbocycles. The summed E-state index contributed by atoms with van der Waals surface area (Å²) in [6.07, 6.45) is 0. The first-order chi connectivity index (χ1) is 14.9. The van der Waals surface area contributed by atoms with Crippen LogP contribution in [-0.2, 0) is 4.79 Å². The van der Waals surface area contributed by atoms with E-state index >= 15 is 0 Å². The van der Waals surface area contributed by atoms with E-state index in [2.05, 4.69) is 20.5 Å². The molecule has 0 spiro atoms. The minimum Gasteiger partial charge on any atom is -0.411 e. The number of hydrogen-bond acceptors (Lipinski definition) is 7. The second-order valence-corrected chi connectivity index (χ2v) is 8.81. The number of aryl methyl sites for hydroxylation is 1. The normalized spacial score (nSPS) is 12.0. The summed E-state index contributed by atoms with van der Waals surface area (Å²) in [5.74, 6) is -1.79. The number of halogens is 2. The molecule has 0 saturated carbocycles. The van der Waals surface area contributed by atoms with Crippen molar-refractivity contribution >= 4 is 34.1 Å². The first-order valence-electron chi connectivity index (χ1n) is 9.18. The maximum Gasteiger partial charge on any atom is 0.277 e. The third-order valence-corrected chi connectivity index (χ3v) is 5.96. The average Bonchev–Trinajstić information content (AvgIpc) is 3.40. The highest BCUT2D eigenvalue weighted by molar-refractivity contribution is 8.00. The molecule has 158 valence electrons. The zero-order valence-corrected chi connectivity index (χ0v) is 18.1. The van der Waals surface area contributed by atoms with Crippen molar-refractivity contribution in [1.29, 1.82) is 0 Å². The number of aromatic nitrogens is 3. The lowest BCUT2D eigenvalue weighted by Crippen LogP contribution is -2.22. The van der Waals surface area contributed by atoms with Crippen molar-refractivity contribution in [1.82, 2.24) is 15.2 Å². The van der Waals surface area contributed by atoms with Crippen LogP contribution in [0.4, 0.5) is 13.9 Å². The Hall–Kier alpha value is -3.11. The van der Waals surface area contributed by atoms with Crippen LogP contribution in [0.25, 0.3) is 22.7 Å². The Morgan fingerprint density at radius 2 is 1.97 bits per heavy atom. The molecule has 4 aromatic rings. The van der Waals surface area contributed by atoms with Gasteiger partial charge in [-0.25, -0.2) is 13.8 Å². The number of carbonyl (C=O) groups excluding carboxylic acids is 1. The fourth-order valence-electron chi connectivity index (χ4n) is 2.68. The van der Waals surface area contributed by atoms with Gasteiger partial charge in [0.1, 0.15) is 0 Å². The molecular weight excluding hydrogens is 442 g/mol. The Labute approximate surface area is 184 Å². The molecule has 2 aromatic heterocycles. The average molecular weight is 459 g/mol. The molecule has 4 rings (SSSR count). The van der Waals surface area contributed by atoms with Crippen LogP contribution >= 0.6 is 23.1 Å². The number of hydrogen-bond donors (Lipinski definition) is 1. The Bertz CT molecular complexity index is 1240. The van der Waals surface area contributed by atoms with Crippen LogP contribution in [0.15, 0.2) is 57.5 Å². The van der Waals surface area contributed by atoms with Crippen LogP contribution in [0.2, 0.25) is 0 Å². The van der Waals surface area contributed by atoms with E-state index in [-0.39, 0.29) is 11.1 Å². The molecule has 0 aliphatic rings. The molecule has 1 N–H and O–H groups in total. The van der Waals surface area contributed by atoms with E-state index in [1.54, 1.807) is 12.3 Å². The third kappa shape index (κ3) is 4.97. The van der Waals surface area contributed by atoms with Gasteiger partial charge in [0.2, 0.25) is 11.8 Å². The van der Waals surface area contributed by atoms with Crippen molar-refractivity contribution in [3.8, 4) is 22.7 Å². The van der Waals surface area contributed by atoms with Crippen molar-refractivity contribution in [3.63, 3.8) is 0 Å².